The van der Waals surface area contributed by atoms with Gasteiger partial charge in [0.2, 0.25) is 5.91 Å². The van der Waals surface area contributed by atoms with Gasteiger partial charge in [0.25, 0.3) is 0 Å². The van der Waals surface area contributed by atoms with Crippen LogP contribution in [0.25, 0.3) is 0 Å². The number of aliphatic carboxylic acids is 1. The Morgan fingerprint density at radius 1 is 1.35 bits per heavy atom. The Morgan fingerprint density at radius 3 is 2.95 bits per heavy atom. The van der Waals surface area contributed by atoms with Gasteiger partial charge in [-0.15, -0.1) is 23.1 Å². The fraction of sp³-hybridized carbons (Fsp3) is 0.571. The Morgan fingerprint density at radius 2 is 2.20 bits per heavy atom. The summed E-state index contributed by atoms with van der Waals surface area (Å²) in [5.74, 6) is -0.0103. The number of fused-ring (bicyclic) bond motifs is 1. The van der Waals surface area contributed by atoms with Gasteiger partial charge in [0.15, 0.2) is 0 Å². The average Bonchev–Trinajstić information content (AvgIpc) is 3.05. The van der Waals surface area contributed by atoms with Gasteiger partial charge in [-0.1, -0.05) is 0 Å². The number of thiophene rings is 1. The van der Waals surface area contributed by atoms with E-state index in [1.165, 1.54) is 4.88 Å². The Bertz CT molecular complexity index is 528. The van der Waals surface area contributed by atoms with Crippen molar-refractivity contribution in [3.63, 3.8) is 0 Å². The molecule has 0 bridgehead atoms. The van der Waals surface area contributed by atoms with Crippen molar-refractivity contribution in [3.8, 4) is 0 Å². The van der Waals surface area contributed by atoms with Crippen LogP contribution in [-0.4, -0.2) is 28.8 Å². The monoisotopic (exact) mass is 311 g/mol. The van der Waals surface area contributed by atoms with E-state index in [4.69, 9.17) is 5.11 Å². The predicted molar refractivity (Wildman–Crippen MR) is 80.1 cm³/mol. The quantitative estimate of drug-likeness (QED) is 0.900. The van der Waals surface area contributed by atoms with Gasteiger partial charge in [-0.3, -0.25) is 9.59 Å². The maximum atomic E-state index is 12.4. The normalized spacial score (nSPS) is 28.9. The van der Waals surface area contributed by atoms with E-state index in [0.29, 0.717) is 12.8 Å². The summed E-state index contributed by atoms with van der Waals surface area (Å²) >= 11 is 3.41. The summed E-state index contributed by atoms with van der Waals surface area (Å²) in [6.45, 7) is 0. The summed E-state index contributed by atoms with van der Waals surface area (Å²) < 4.78 is 0. The average molecular weight is 311 g/mol. The first-order valence-electron chi connectivity index (χ1n) is 6.86. The molecule has 1 aromatic heterocycles. The van der Waals surface area contributed by atoms with Crippen molar-refractivity contribution in [1.82, 2.24) is 5.32 Å². The van der Waals surface area contributed by atoms with Crippen LogP contribution in [0.4, 0.5) is 0 Å². The van der Waals surface area contributed by atoms with Crippen LogP contribution in [0.3, 0.4) is 0 Å². The number of carbonyl (C=O) groups is 2. The van der Waals surface area contributed by atoms with E-state index in [1.807, 2.05) is 11.4 Å². The molecule has 108 valence electrons. The molecule has 2 heterocycles. The van der Waals surface area contributed by atoms with Gasteiger partial charge < -0.3 is 10.4 Å². The number of aryl methyl sites for hydroxylation is 1. The van der Waals surface area contributed by atoms with Crippen molar-refractivity contribution < 1.29 is 14.7 Å². The summed E-state index contributed by atoms with van der Waals surface area (Å²) in [7, 11) is 0. The van der Waals surface area contributed by atoms with E-state index < -0.39 is 5.97 Å². The molecule has 0 spiro atoms. The molecule has 20 heavy (non-hydrogen) atoms. The number of thioether (sulfide) groups is 1. The van der Waals surface area contributed by atoms with E-state index >= 15 is 0 Å². The van der Waals surface area contributed by atoms with Crippen molar-refractivity contribution >= 4 is 35.0 Å². The molecule has 1 fully saturated rings. The topological polar surface area (TPSA) is 66.4 Å². The molecule has 3 atom stereocenters. The second-order valence-electron chi connectivity index (χ2n) is 5.35. The highest BCUT2D eigenvalue weighted by Gasteiger charge is 2.34. The summed E-state index contributed by atoms with van der Waals surface area (Å²) in [5.41, 5.74) is 1.15. The minimum absolute atomic E-state index is 0.0215. The standard InChI is InChI=1S/C14H17NO3S2/c16-13(15-9-2-1-8(7-9)14(17)18)12-10-3-5-19-11(10)4-6-20-12/h3,5,8-9,12H,1-2,4,6-7H2,(H,15,16)(H,17,18)/t8-,9+,12?/m1/s1. The first-order chi connectivity index (χ1) is 9.65. The molecule has 1 amide bonds. The molecule has 0 saturated heterocycles. The molecule has 3 rings (SSSR count). The second-order valence-corrected chi connectivity index (χ2v) is 7.57. The number of rotatable bonds is 3. The van der Waals surface area contributed by atoms with Crippen molar-refractivity contribution in [1.29, 1.82) is 0 Å². The molecule has 2 aliphatic rings. The number of carbonyl (C=O) groups excluding carboxylic acids is 1. The fourth-order valence-corrected chi connectivity index (χ4v) is 5.28. The van der Waals surface area contributed by atoms with Crippen LogP contribution in [-0.2, 0) is 16.0 Å². The van der Waals surface area contributed by atoms with Crippen molar-refractivity contribution in [2.45, 2.75) is 37.0 Å². The molecule has 1 unspecified atom stereocenters. The van der Waals surface area contributed by atoms with Gasteiger partial charge in [0.05, 0.1) is 5.92 Å². The summed E-state index contributed by atoms with van der Waals surface area (Å²) in [4.78, 5) is 24.7. The van der Waals surface area contributed by atoms with Crippen molar-refractivity contribution in [2.75, 3.05) is 5.75 Å². The molecular weight excluding hydrogens is 294 g/mol. The fourth-order valence-electron chi connectivity index (χ4n) is 2.98. The van der Waals surface area contributed by atoms with E-state index in [-0.39, 0.29) is 23.1 Å². The third kappa shape index (κ3) is 2.72. The van der Waals surface area contributed by atoms with Gasteiger partial charge in [-0.2, -0.15) is 0 Å². The lowest BCUT2D eigenvalue weighted by atomic mass is 10.1. The van der Waals surface area contributed by atoms with Gasteiger partial charge >= 0.3 is 5.97 Å². The van der Waals surface area contributed by atoms with Crippen LogP contribution >= 0.6 is 23.1 Å². The zero-order valence-corrected chi connectivity index (χ0v) is 12.6. The number of hydrogen-bond donors (Lipinski definition) is 2. The highest BCUT2D eigenvalue weighted by molar-refractivity contribution is 8.00. The van der Waals surface area contributed by atoms with Crippen molar-refractivity contribution in [2.24, 2.45) is 5.92 Å². The van der Waals surface area contributed by atoms with Crippen molar-refractivity contribution in [3.05, 3.63) is 21.9 Å². The van der Waals surface area contributed by atoms with E-state index in [2.05, 4.69) is 5.32 Å². The molecule has 1 aliphatic carbocycles. The number of carboxylic acid groups (broad SMARTS) is 1. The number of hydrogen-bond acceptors (Lipinski definition) is 4. The molecule has 1 saturated carbocycles. The molecule has 0 radical (unpaired) electrons. The highest BCUT2D eigenvalue weighted by Crippen LogP contribution is 2.39. The minimum atomic E-state index is -0.742. The number of nitrogens with one attached hydrogen (secondary N) is 1. The largest absolute Gasteiger partial charge is 0.481 e. The third-order valence-corrected chi connectivity index (χ3v) is 6.28. The van der Waals surface area contributed by atoms with Crippen LogP contribution in [0.5, 0.6) is 0 Å². The molecule has 2 N–H and O–H groups in total. The highest BCUT2D eigenvalue weighted by atomic mass is 32.2. The predicted octanol–water partition coefficient (Wildman–Crippen LogP) is 2.45. The zero-order valence-electron chi connectivity index (χ0n) is 11.0. The van der Waals surface area contributed by atoms with Crippen LogP contribution in [0.15, 0.2) is 11.4 Å². The van der Waals surface area contributed by atoms with Gasteiger partial charge in [0, 0.05) is 10.9 Å². The maximum absolute atomic E-state index is 12.4. The lowest BCUT2D eigenvalue weighted by Gasteiger charge is -2.23. The minimum Gasteiger partial charge on any atom is -0.481 e. The SMILES string of the molecule is O=C(N[C@H]1CC[C@@H](C(=O)O)C1)C1SCCc2sccc21. The summed E-state index contributed by atoms with van der Waals surface area (Å²) in [5, 5.41) is 14.0. The molecule has 6 heteroatoms. The smallest absolute Gasteiger partial charge is 0.306 e. The molecule has 4 nitrogen and oxygen atoms in total. The van der Waals surface area contributed by atoms with E-state index in [1.54, 1.807) is 23.1 Å². The molecular formula is C14H17NO3S2. The first kappa shape index (κ1) is 13.9. The maximum Gasteiger partial charge on any atom is 0.306 e. The van der Waals surface area contributed by atoms with Crippen LogP contribution in [0, 0.1) is 5.92 Å². The van der Waals surface area contributed by atoms with E-state index in [0.717, 1.165) is 24.2 Å². The number of amides is 1. The number of carboxylic acids is 1. The van der Waals surface area contributed by atoms with Gasteiger partial charge in [-0.25, -0.2) is 0 Å². The van der Waals surface area contributed by atoms with E-state index in [9.17, 15) is 9.59 Å². The van der Waals surface area contributed by atoms with Gasteiger partial charge in [0.1, 0.15) is 5.25 Å². The van der Waals surface area contributed by atoms with Crippen LogP contribution in [0.2, 0.25) is 0 Å². The molecule has 1 aromatic rings. The summed E-state index contributed by atoms with van der Waals surface area (Å²) in [6.07, 6.45) is 3.05. The Hall–Kier alpha value is -1.01. The zero-order chi connectivity index (χ0) is 14.1. The van der Waals surface area contributed by atoms with Crippen LogP contribution < -0.4 is 5.32 Å². The molecule has 0 aromatic carbocycles. The van der Waals surface area contributed by atoms with Crippen LogP contribution in [0.1, 0.15) is 35.0 Å². The molecule has 1 aliphatic heterocycles. The third-order valence-electron chi connectivity index (χ3n) is 4.04. The first-order valence-corrected chi connectivity index (χ1v) is 8.79. The van der Waals surface area contributed by atoms with Gasteiger partial charge in [-0.05, 0) is 48.4 Å². The summed E-state index contributed by atoms with van der Waals surface area (Å²) in [6, 6.07) is 2.07. The Kier molecular flexibility index (Phi) is 4.03. The lowest BCUT2D eigenvalue weighted by Crippen LogP contribution is -2.37. The Balaban J connectivity index is 1.63. The Labute approximate surface area is 125 Å². The second kappa shape index (κ2) is 5.77. The lowest BCUT2D eigenvalue weighted by molar-refractivity contribution is -0.141.